The molecule has 0 aliphatic rings. The summed E-state index contributed by atoms with van der Waals surface area (Å²) in [5.74, 6) is -0.808. The lowest BCUT2D eigenvalue weighted by atomic mass is 9.98. The van der Waals surface area contributed by atoms with Gasteiger partial charge in [0, 0.05) is 23.7 Å². The summed E-state index contributed by atoms with van der Waals surface area (Å²) in [6.07, 6.45) is 0.491. The molecule has 0 fully saturated rings. The number of aromatic nitrogens is 2. The molecule has 0 amide bonds. The van der Waals surface area contributed by atoms with Crippen molar-refractivity contribution in [1.29, 1.82) is 0 Å². The van der Waals surface area contributed by atoms with Gasteiger partial charge in [-0.15, -0.1) is 0 Å². The van der Waals surface area contributed by atoms with Crippen molar-refractivity contribution in [1.82, 2.24) is 10.2 Å². The van der Waals surface area contributed by atoms with E-state index in [1.165, 1.54) is 12.1 Å². The molecule has 1 N–H and O–H groups in total. The smallest absolute Gasteiger partial charge is 0.126 e. The quantitative estimate of drug-likeness (QED) is 0.883. The van der Waals surface area contributed by atoms with E-state index >= 15 is 0 Å². The molecule has 1 aromatic heterocycles. The van der Waals surface area contributed by atoms with E-state index in [9.17, 15) is 8.78 Å². The van der Waals surface area contributed by atoms with Crippen LogP contribution < -0.4 is 0 Å². The zero-order chi connectivity index (χ0) is 13.3. The molecule has 4 heteroatoms. The second-order valence-electron chi connectivity index (χ2n) is 4.82. The van der Waals surface area contributed by atoms with Gasteiger partial charge in [0.2, 0.25) is 0 Å². The predicted molar refractivity (Wildman–Crippen MR) is 66.6 cm³/mol. The fourth-order valence-electron chi connectivity index (χ4n) is 2.09. The average Bonchev–Trinajstić information content (AvgIpc) is 2.59. The van der Waals surface area contributed by atoms with E-state index in [2.05, 4.69) is 10.2 Å². The third kappa shape index (κ3) is 2.58. The van der Waals surface area contributed by atoms with Crippen molar-refractivity contribution >= 4 is 0 Å². The van der Waals surface area contributed by atoms with Gasteiger partial charge in [0.05, 0.1) is 5.69 Å². The maximum Gasteiger partial charge on any atom is 0.126 e. The highest BCUT2D eigenvalue weighted by atomic mass is 19.1. The van der Waals surface area contributed by atoms with E-state index in [1.807, 2.05) is 20.8 Å². The molecule has 0 atom stereocenters. The van der Waals surface area contributed by atoms with Gasteiger partial charge in [-0.2, -0.15) is 5.10 Å². The highest BCUT2D eigenvalue weighted by Gasteiger charge is 2.14. The molecule has 0 saturated heterocycles. The maximum atomic E-state index is 13.2. The number of nitrogens with zero attached hydrogens (tertiary/aromatic N) is 1. The summed E-state index contributed by atoms with van der Waals surface area (Å²) in [6.45, 7) is 6.01. The highest BCUT2D eigenvalue weighted by molar-refractivity contribution is 5.33. The topological polar surface area (TPSA) is 28.7 Å². The van der Waals surface area contributed by atoms with Crippen LogP contribution in [0.1, 0.15) is 42.3 Å². The molecule has 96 valence electrons. The summed E-state index contributed by atoms with van der Waals surface area (Å²) in [6, 6.07) is 3.61. The Kier molecular flexibility index (Phi) is 3.45. The van der Waals surface area contributed by atoms with Crippen LogP contribution in [-0.4, -0.2) is 10.2 Å². The lowest BCUT2D eigenvalue weighted by Gasteiger charge is -2.07. The van der Waals surface area contributed by atoms with Gasteiger partial charge in [0.25, 0.3) is 0 Å². The Labute approximate surface area is 105 Å². The standard InChI is InChI=1S/C14H16F2N2/c1-8(2)14-13(9(3)17-18-14)6-10-4-11(15)7-12(16)5-10/h4-5,7-8H,6H2,1-3H3,(H,17,18). The number of aryl methyl sites for hydroxylation is 1. The van der Waals surface area contributed by atoms with Gasteiger partial charge in [-0.05, 0) is 30.5 Å². The summed E-state index contributed by atoms with van der Waals surface area (Å²) in [5.41, 5.74) is 3.55. The first kappa shape index (κ1) is 12.7. The zero-order valence-corrected chi connectivity index (χ0v) is 10.7. The van der Waals surface area contributed by atoms with E-state index in [0.29, 0.717) is 12.0 Å². The molecule has 0 bridgehead atoms. The van der Waals surface area contributed by atoms with Crippen molar-refractivity contribution in [2.75, 3.05) is 0 Å². The molecule has 2 aromatic rings. The lowest BCUT2D eigenvalue weighted by molar-refractivity contribution is 0.580. The Balaban J connectivity index is 2.36. The number of nitrogens with one attached hydrogen (secondary N) is 1. The molecule has 1 heterocycles. The van der Waals surface area contributed by atoms with Crippen LogP contribution in [0.2, 0.25) is 0 Å². The molecule has 2 rings (SSSR count). The van der Waals surface area contributed by atoms with Crippen LogP contribution in [0.25, 0.3) is 0 Å². The highest BCUT2D eigenvalue weighted by Crippen LogP contribution is 2.23. The monoisotopic (exact) mass is 250 g/mol. The van der Waals surface area contributed by atoms with Crippen molar-refractivity contribution < 1.29 is 8.78 Å². The number of H-pyrrole nitrogens is 1. The van der Waals surface area contributed by atoms with Gasteiger partial charge < -0.3 is 0 Å². The predicted octanol–water partition coefficient (Wildman–Crippen LogP) is 3.71. The SMILES string of the molecule is Cc1[nH]nc(C(C)C)c1Cc1cc(F)cc(F)c1. The van der Waals surface area contributed by atoms with E-state index < -0.39 is 11.6 Å². The van der Waals surface area contributed by atoms with Crippen LogP contribution >= 0.6 is 0 Å². The van der Waals surface area contributed by atoms with Crippen LogP contribution in [-0.2, 0) is 6.42 Å². The van der Waals surface area contributed by atoms with Gasteiger partial charge in [0.15, 0.2) is 0 Å². The largest absolute Gasteiger partial charge is 0.282 e. The van der Waals surface area contributed by atoms with Crippen molar-refractivity contribution in [3.63, 3.8) is 0 Å². The molecule has 2 nitrogen and oxygen atoms in total. The second-order valence-corrected chi connectivity index (χ2v) is 4.82. The molecular formula is C14H16F2N2. The summed E-state index contributed by atoms with van der Waals surface area (Å²) >= 11 is 0. The Bertz CT molecular complexity index is 539. The number of benzene rings is 1. The summed E-state index contributed by atoms with van der Waals surface area (Å²) in [5, 5.41) is 7.17. The Morgan fingerprint density at radius 1 is 1.17 bits per heavy atom. The molecule has 0 unspecified atom stereocenters. The van der Waals surface area contributed by atoms with Crippen LogP contribution in [0, 0.1) is 18.6 Å². The molecule has 0 aliphatic heterocycles. The Morgan fingerprint density at radius 3 is 2.33 bits per heavy atom. The molecule has 1 aromatic carbocycles. The van der Waals surface area contributed by atoms with Crippen molar-refractivity contribution in [2.24, 2.45) is 0 Å². The molecule has 0 saturated carbocycles. The van der Waals surface area contributed by atoms with Crippen molar-refractivity contribution in [3.8, 4) is 0 Å². The van der Waals surface area contributed by atoms with E-state index in [4.69, 9.17) is 0 Å². The minimum absolute atomic E-state index is 0.281. The molecule has 0 spiro atoms. The maximum absolute atomic E-state index is 13.2. The normalized spacial score (nSPS) is 11.2. The fourth-order valence-corrected chi connectivity index (χ4v) is 2.09. The van der Waals surface area contributed by atoms with Gasteiger partial charge >= 0.3 is 0 Å². The first-order valence-corrected chi connectivity index (χ1v) is 5.96. The Morgan fingerprint density at radius 2 is 1.78 bits per heavy atom. The van der Waals surface area contributed by atoms with Crippen LogP contribution in [0.15, 0.2) is 18.2 Å². The number of halogens is 2. The molecule has 18 heavy (non-hydrogen) atoms. The molecular weight excluding hydrogens is 234 g/mol. The summed E-state index contributed by atoms with van der Waals surface area (Å²) < 4.78 is 26.3. The van der Waals surface area contributed by atoms with Gasteiger partial charge in [-0.25, -0.2) is 8.78 Å². The first-order chi connectivity index (χ1) is 8.47. The summed E-state index contributed by atoms with van der Waals surface area (Å²) in [7, 11) is 0. The van der Waals surface area contributed by atoms with Gasteiger partial charge in [0.1, 0.15) is 11.6 Å². The lowest BCUT2D eigenvalue weighted by Crippen LogP contribution is -1.98. The third-order valence-electron chi connectivity index (χ3n) is 2.96. The van der Waals surface area contributed by atoms with Crippen LogP contribution in [0.3, 0.4) is 0 Å². The molecule has 0 radical (unpaired) electrons. The minimum atomic E-state index is -0.544. The van der Waals surface area contributed by atoms with E-state index in [1.54, 1.807) is 0 Å². The Hall–Kier alpha value is -1.71. The van der Waals surface area contributed by atoms with Crippen molar-refractivity contribution in [3.05, 3.63) is 52.3 Å². The van der Waals surface area contributed by atoms with Crippen LogP contribution in [0.5, 0.6) is 0 Å². The number of hydrogen-bond acceptors (Lipinski definition) is 1. The van der Waals surface area contributed by atoms with Crippen LogP contribution in [0.4, 0.5) is 8.78 Å². The second kappa shape index (κ2) is 4.88. The minimum Gasteiger partial charge on any atom is -0.282 e. The third-order valence-corrected chi connectivity index (χ3v) is 2.96. The molecule has 0 aliphatic carbocycles. The summed E-state index contributed by atoms with van der Waals surface area (Å²) in [4.78, 5) is 0. The number of rotatable bonds is 3. The first-order valence-electron chi connectivity index (χ1n) is 5.96. The van der Waals surface area contributed by atoms with Crippen molar-refractivity contribution in [2.45, 2.75) is 33.1 Å². The average molecular weight is 250 g/mol. The van der Waals surface area contributed by atoms with E-state index in [0.717, 1.165) is 23.0 Å². The van der Waals surface area contributed by atoms with Gasteiger partial charge in [-0.3, -0.25) is 5.10 Å². The zero-order valence-electron chi connectivity index (χ0n) is 10.7. The number of hydrogen-bond donors (Lipinski definition) is 1. The fraction of sp³-hybridized carbons (Fsp3) is 0.357. The van der Waals surface area contributed by atoms with E-state index in [-0.39, 0.29) is 5.92 Å². The number of aromatic amines is 1. The van der Waals surface area contributed by atoms with Gasteiger partial charge in [-0.1, -0.05) is 13.8 Å².